The predicted molar refractivity (Wildman–Crippen MR) is 124 cm³/mol. The molecule has 2 atom stereocenters. The highest BCUT2D eigenvalue weighted by molar-refractivity contribution is 5.89. The number of hydrogen-bond acceptors (Lipinski definition) is 7. The minimum absolute atomic E-state index is 0.0618. The quantitative estimate of drug-likeness (QED) is 0.336. The fraction of sp³-hybridized carbons (Fsp3) is 0.292. The molecule has 10 heteroatoms. The Morgan fingerprint density at radius 1 is 1.15 bits per heavy atom. The number of hydrogen-bond donors (Lipinski definition) is 4. The average Bonchev–Trinajstić information content (AvgIpc) is 2.82. The Balaban J connectivity index is 1.65. The molecular formula is C24H27FN4O5. The van der Waals surface area contributed by atoms with E-state index in [1.807, 2.05) is 24.3 Å². The van der Waals surface area contributed by atoms with Crippen LogP contribution >= 0.6 is 0 Å². The van der Waals surface area contributed by atoms with Crippen LogP contribution in [0.15, 0.2) is 60.8 Å². The zero-order chi connectivity index (χ0) is 24.5. The lowest BCUT2D eigenvalue weighted by Crippen LogP contribution is -2.52. The standard InChI is InChI=1S/C24H27FN4O5/c1-16(31)29(27-12-17-5-4-8-20(25)9-17)21(11-22(32)14-30)15-34-24(33)28-23-10-18-6-2-3-7-19(18)13-26-23/h2-10,13,21-22,27,30,32H,11-12,14-15H2,1H3,(H,26,28,33)/t21-,22?/m0/s1. The Labute approximate surface area is 196 Å². The van der Waals surface area contributed by atoms with Crippen LogP contribution in [0.5, 0.6) is 0 Å². The topological polar surface area (TPSA) is 124 Å². The van der Waals surface area contributed by atoms with Crippen molar-refractivity contribution in [2.45, 2.75) is 32.0 Å². The third kappa shape index (κ3) is 7.20. The molecule has 180 valence electrons. The number of nitrogens with zero attached hydrogens (tertiary/aromatic N) is 2. The van der Waals surface area contributed by atoms with Crippen LogP contribution < -0.4 is 10.7 Å². The van der Waals surface area contributed by atoms with Gasteiger partial charge < -0.3 is 14.9 Å². The van der Waals surface area contributed by atoms with E-state index in [0.717, 1.165) is 10.8 Å². The summed E-state index contributed by atoms with van der Waals surface area (Å²) in [4.78, 5) is 28.8. The maximum Gasteiger partial charge on any atom is 0.412 e. The molecule has 0 bridgehead atoms. The number of ether oxygens (including phenoxy) is 1. The lowest BCUT2D eigenvalue weighted by atomic mass is 10.1. The number of aromatic nitrogens is 1. The van der Waals surface area contributed by atoms with Crippen molar-refractivity contribution >= 4 is 28.6 Å². The largest absolute Gasteiger partial charge is 0.447 e. The van der Waals surface area contributed by atoms with Crippen LogP contribution in [0.2, 0.25) is 0 Å². The number of carbonyl (C=O) groups is 2. The number of fused-ring (bicyclic) bond motifs is 1. The van der Waals surface area contributed by atoms with Gasteiger partial charge in [0, 0.05) is 31.5 Å². The van der Waals surface area contributed by atoms with Crippen LogP contribution in [0.25, 0.3) is 10.8 Å². The molecule has 2 aromatic carbocycles. The van der Waals surface area contributed by atoms with E-state index in [-0.39, 0.29) is 19.6 Å². The van der Waals surface area contributed by atoms with Gasteiger partial charge in [0.05, 0.1) is 18.8 Å². The van der Waals surface area contributed by atoms with E-state index >= 15 is 0 Å². The fourth-order valence-electron chi connectivity index (χ4n) is 3.42. The van der Waals surface area contributed by atoms with Crippen LogP contribution in [0.1, 0.15) is 18.9 Å². The van der Waals surface area contributed by atoms with Crippen molar-refractivity contribution in [3.8, 4) is 0 Å². The van der Waals surface area contributed by atoms with Gasteiger partial charge in [-0.25, -0.2) is 19.6 Å². The van der Waals surface area contributed by atoms with Gasteiger partial charge in [0.2, 0.25) is 5.91 Å². The number of halogens is 1. The lowest BCUT2D eigenvalue weighted by molar-refractivity contribution is -0.137. The summed E-state index contributed by atoms with van der Waals surface area (Å²) in [6.45, 7) is 0.623. The Kier molecular flexibility index (Phi) is 8.86. The van der Waals surface area contributed by atoms with E-state index in [9.17, 15) is 24.2 Å². The summed E-state index contributed by atoms with van der Waals surface area (Å²) >= 11 is 0. The number of amides is 2. The van der Waals surface area contributed by atoms with Gasteiger partial charge in [0.25, 0.3) is 0 Å². The molecule has 0 saturated heterocycles. The van der Waals surface area contributed by atoms with Gasteiger partial charge in [-0.05, 0) is 29.1 Å². The number of hydrazine groups is 1. The van der Waals surface area contributed by atoms with E-state index < -0.39 is 36.6 Å². The second kappa shape index (κ2) is 12.0. The summed E-state index contributed by atoms with van der Waals surface area (Å²) in [7, 11) is 0. The molecule has 2 amide bonds. The molecule has 3 rings (SSSR count). The maximum absolute atomic E-state index is 13.5. The van der Waals surface area contributed by atoms with Gasteiger partial charge in [-0.15, -0.1) is 0 Å². The Morgan fingerprint density at radius 3 is 2.62 bits per heavy atom. The third-order valence-electron chi connectivity index (χ3n) is 5.07. The van der Waals surface area contributed by atoms with Crippen LogP contribution in [-0.4, -0.2) is 57.6 Å². The van der Waals surface area contributed by atoms with Crippen LogP contribution in [0.4, 0.5) is 15.0 Å². The molecule has 3 aromatic rings. The van der Waals surface area contributed by atoms with E-state index in [1.54, 1.807) is 24.4 Å². The molecule has 34 heavy (non-hydrogen) atoms. The Bertz CT molecular complexity index is 1130. The van der Waals surface area contributed by atoms with Gasteiger partial charge in [-0.2, -0.15) is 0 Å². The maximum atomic E-state index is 13.5. The summed E-state index contributed by atoms with van der Waals surface area (Å²) in [6.07, 6.45) is -0.371. The van der Waals surface area contributed by atoms with Crippen molar-refractivity contribution in [2.24, 2.45) is 0 Å². The van der Waals surface area contributed by atoms with E-state index in [2.05, 4.69) is 15.7 Å². The molecular weight excluding hydrogens is 443 g/mol. The number of pyridine rings is 1. The summed E-state index contributed by atoms with van der Waals surface area (Å²) in [6, 6.07) is 14.3. The van der Waals surface area contributed by atoms with Gasteiger partial charge in [-0.3, -0.25) is 15.1 Å². The first-order valence-electron chi connectivity index (χ1n) is 10.7. The van der Waals surface area contributed by atoms with Crippen molar-refractivity contribution in [1.82, 2.24) is 15.4 Å². The van der Waals surface area contributed by atoms with Crippen molar-refractivity contribution in [1.29, 1.82) is 0 Å². The minimum atomic E-state index is -1.14. The molecule has 0 aliphatic carbocycles. The fourth-order valence-corrected chi connectivity index (χ4v) is 3.42. The highest BCUT2D eigenvalue weighted by Crippen LogP contribution is 2.16. The molecule has 0 radical (unpaired) electrons. The average molecular weight is 471 g/mol. The van der Waals surface area contributed by atoms with Gasteiger partial charge >= 0.3 is 6.09 Å². The molecule has 4 N–H and O–H groups in total. The summed E-state index contributed by atoms with van der Waals surface area (Å²) in [5.74, 6) is -0.529. The molecule has 0 saturated carbocycles. The first-order valence-corrected chi connectivity index (χ1v) is 10.7. The van der Waals surface area contributed by atoms with Gasteiger partial charge in [-0.1, -0.05) is 36.4 Å². The highest BCUT2D eigenvalue weighted by Gasteiger charge is 2.26. The van der Waals surface area contributed by atoms with Crippen molar-refractivity contribution < 1.29 is 28.9 Å². The first-order chi connectivity index (χ1) is 16.4. The Morgan fingerprint density at radius 2 is 1.91 bits per heavy atom. The van der Waals surface area contributed by atoms with Crippen LogP contribution in [0, 0.1) is 5.82 Å². The van der Waals surface area contributed by atoms with Gasteiger partial charge in [0.1, 0.15) is 18.2 Å². The SMILES string of the molecule is CC(=O)N(NCc1cccc(F)c1)[C@H](COC(=O)Nc1cc2ccccc2cn1)CC(O)CO. The number of anilines is 1. The summed E-state index contributed by atoms with van der Waals surface area (Å²) < 4.78 is 18.8. The molecule has 0 aliphatic heterocycles. The van der Waals surface area contributed by atoms with Crippen molar-refractivity contribution in [2.75, 3.05) is 18.5 Å². The number of rotatable bonds is 10. The van der Waals surface area contributed by atoms with Gasteiger partial charge in [0.15, 0.2) is 0 Å². The number of carbonyl (C=O) groups excluding carboxylic acids is 2. The third-order valence-corrected chi connectivity index (χ3v) is 5.07. The highest BCUT2D eigenvalue weighted by atomic mass is 19.1. The van der Waals surface area contributed by atoms with Crippen LogP contribution in [0.3, 0.4) is 0 Å². The second-order valence-corrected chi connectivity index (χ2v) is 7.72. The zero-order valence-corrected chi connectivity index (χ0v) is 18.6. The second-order valence-electron chi connectivity index (χ2n) is 7.72. The van der Waals surface area contributed by atoms with Crippen molar-refractivity contribution in [3.63, 3.8) is 0 Å². The normalized spacial score (nSPS) is 12.7. The van der Waals surface area contributed by atoms with E-state index in [4.69, 9.17) is 4.74 Å². The number of aliphatic hydroxyl groups excluding tert-OH is 2. The molecule has 1 heterocycles. The van der Waals surface area contributed by atoms with E-state index in [1.165, 1.54) is 24.1 Å². The smallest absolute Gasteiger partial charge is 0.412 e. The lowest BCUT2D eigenvalue weighted by Gasteiger charge is -2.32. The molecule has 1 unspecified atom stereocenters. The van der Waals surface area contributed by atoms with Crippen molar-refractivity contribution in [3.05, 3.63) is 72.2 Å². The predicted octanol–water partition coefficient (Wildman–Crippen LogP) is 2.59. The number of aliphatic hydroxyl groups is 2. The molecule has 0 aliphatic rings. The summed E-state index contributed by atoms with van der Waals surface area (Å²) in [5.41, 5.74) is 3.48. The monoisotopic (exact) mass is 470 g/mol. The van der Waals surface area contributed by atoms with E-state index in [0.29, 0.717) is 11.4 Å². The molecule has 1 aromatic heterocycles. The number of benzene rings is 2. The zero-order valence-electron chi connectivity index (χ0n) is 18.6. The minimum Gasteiger partial charge on any atom is -0.447 e. The Hall–Kier alpha value is -3.60. The number of nitrogens with one attached hydrogen (secondary N) is 2. The first kappa shape index (κ1) is 25.0. The van der Waals surface area contributed by atoms with Crippen LogP contribution in [-0.2, 0) is 16.1 Å². The molecule has 9 nitrogen and oxygen atoms in total. The molecule has 0 spiro atoms. The molecule has 0 fully saturated rings. The summed E-state index contributed by atoms with van der Waals surface area (Å²) in [5, 5.41) is 24.8.